The van der Waals surface area contributed by atoms with E-state index in [1.54, 1.807) is 7.05 Å². The Labute approximate surface area is 177 Å². The summed E-state index contributed by atoms with van der Waals surface area (Å²) in [6.45, 7) is 4.61. The third-order valence-corrected chi connectivity index (χ3v) is 5.67. The molecule has 29 heavy (non-hydrogen) atoms. The van der Waals surface area contributed by atoms with Crippen LogP contribution in [0.25, 0.3) is 0 Å². The Bertz CT molecular complexity index is 877. The summed E-state index contributed by atoms with van der Waals surface area (Å²) in [5.41, 5.74) is 1.34. The Kier molecular flexibility index (Phi) is 8.19. The number of aryl methyl sites for hydroxylation is 2. The molecule has 5 nitrogen and oxygen atoms in total. The lowest BCUT2D eigenvalue weighted by atomic mass is 10.1. The van der Waals surface area contributed by atoms with Crippen molar-refractivity contribution in [2.45, 2.75) is 36.6 Å². The minimum absolute atomic E-state index is 0.434. The van der Waals surface area contributed by atoms with Gasteiger partial charge in [0.1, 0.15) is 5.82 Å². The standard InChI is InChI=1S/C23H29N5S/c1-19(29-21-11-7-4-8-12-21)17-26-23(24-2)27-18-22-25-14-16-28(22)15-13-20-9-5-3-6-10-20/h3-12,14,16,19H,13,15,17-18H2,1-2H3,(H2,24,26,27). The van der Waals surface area contributed by atoms with Crippen molar-refractivity contribution in [2.24, 2.45) is 4.99 Å². The molecular weight excluding hydrogens is 378 g/mol. The van der Waals surface area contributed by atoms with Crippen LogP contribution in [0.5, 0.6) is 0 Å². The average Bonchev–Trinajstić information content (AvgIpc) is 3.21. The highest BCUT2D eigenvalue weighted by Gasteiger charge is 2.08. The van der Waals surface area contributed by atoms with Crippen molar-refractivity contribution in [3.05, 3.63) is 84.4 Å². The van der Waals surface area contributed by atoms with Crippen LogP contribution in [-0.2, 0) is 19.5 Å². The second-order valence-electron chi connectivity index (χ2n) is 6.82. The van der Waals surface area contributed by atoms with Crippen LogP contribution in [0.15, 0.2) is 82.9 Å². The molecule has 0 radical (unpaired) electrons. The van der Waals surface area contributed by atoms with Crippen LogP contribution >= 0.6 is 11.8 Å². The Hall–Kier alpha value is -2.73. The molecule has 0 amide bonds. The summed E-state index contributed by atoms with van der Waals surface area (Å²) in [5, 5.41) is 7.22. The highest BCUT2D eigenvalue weighted by Crippen LogP contribution is 2.21. The van der Waals surface area contributed by atoms with E-state index in [0.29, 0.717) is 11.8 Å². The van der Waals surface area contributed by atoms with Crippen molar-refractivity contribution in [2.75, 3.05) is 13.6 Å². The highest BCUT2D eigenvalue weighted by molar-refractivity contribution is 8.00. The first-order valence-electron chi connectivity index (χ1n) is 9.94. The van der Waals surface area contributed by atoms with Crippen LogP contribution in [0.4, 0.5) is 0 Å². The maximum atomic E-state index is 4.50. The average molecular weight is 408 g/mol. The predicted octanol–water partition coefficient (Wildman–Crippen LogP) is 3.97. The maximum Gasteiger partial charge on any atom is 0.191 e. The van der Waals surface area contributed by atoms with E-state index in [4.69, 9.17) is 0 Å². The van der Waals surface area contributed by atoms with Gasteiger partial charge in [-0.2, -0.15) is 0 Å². The summed E-state index contributed by atoms with van der Waals surface area (Å²) in [5.74, 6) is 1.80. The molecule has 0 aliphatic heterocycles. The van der Waals surface area contributed by atoms with Crippen molar-refractivity contribution in [3.8, 4) is 0 Å². The van der Waals surface area contributed by atoms with Crippen molar-refractivity contribution >= 4 is 17.7 Å². The third-order valence-electron chi connectivity index (χ3n) is 4.56. The van der Waals surface area contributed by atoms with E-state index < -0.39 is 0 Å². The zero-order valence-corrected chi connectivity index (χ0v) is 17.9. The number of hydrogen-bond acceptors (Lipinski definition) is 3. The molecule has 1 heterocycles. The fourth-order valence-corrected chi connectivity index (χ4v) is 3.95. The summed E-state index contributed by atoms with van der Waals surface area (Å²) < 4.78 is 2.20. The van der Waals surface area contributed by atoms with Crippen molar-refractivity contribution in [1.29, 1.82) is 0 Å². The zero-order valence-electron chi connectivity index (χ0n) is 17.1. The van der Waals surface area contributed by atoms with Gasteiger partial charge >= 0.3 is 0 Å². The predicted molar refractivity (Wildman–Crippen MR) is 122 cm³/mol. The van der Waals surface area contributed by atoms with Crippen LogP contribution in [0.2, 0.25) is 0 Å². The van der Waals surface area contributed by atoms with Crippen molar-refractivity contribution in [1.82, 2.24) is 20.2 Å². The molecule has 1 aromatic heterocycles. The summed E-state index contributed by atoms with van der Waals surface area (Å²) in [6.07, 6.45) is 4.89. The van der Waals surface area contributed by atoms with Gasteiger partial charge in [-0.25, -0.2) is 4.98 Å². The Morgan fingerprint density at radius 1 is 1.07 bits per heavy atom. The Morgan fingerprint density at radius 3 is 2.52 bits per heavy atom. The van der Waals surface area contributed by atoms with Gasteiger partial charge in [0.25, 0.3) is 0 Å². The maximum absolute atomic E-state index is 4.50. The number of rotatable bonds is 9. The number of thioether (sulfide) groups is 1. The lowest BCUT2D eigenvalue weighted by molar-refractivity contribution is 0.634. The minimum atomic E-state index is 0.434. The van der Waals surface area contributed by atoms with Gasteiger partial charge in [0.15, 0.2) is 5.96 Å². The SMILES string of the molecule is CN=C(NCc1nccn1CCc1ccccc1)NCC(C)Sc1ccccc1. The smallest absolute Gasteiger partial charge is 0.191 e. The molecular formula is C23H29N5S. The normalized spacial score (nSPS) is 12.6. The van der Waals surface area contributed by atoms with E-state index in [0.717, 1.165) is 31.3 Å². The second kappa shape index (κ2) is 11.3. The molecule has 0 aliphatic carbocycles. The molecule has 0 saturated carbocycles. The lowest BCUT2D eigenvalue weighted by Crippen LogP contribution is -2.40. The molecule has 0 bridgehead atoms. The molecule has 2 N–H and O–H groups in total. The van der Waals surface area contributed by atoms with Gasteiger partial charge in [0.05, 0.1) is 6.54 Å². The molecule has 3 rings (SSSR count). The summed E-state index contributed by atoms with van der Waals surface area (Å²) in [4.78, 5) is 10.1. The summed E-state index contributed by atoms with van der Waals surface area (Å²) in [7, 11) is 1.80. The topological polar surface area (TPSA) is 54.2 Å². The third kappa shape index (κ3) is 6.98. The van der Waals surface area contributed by atoms with E-state index in [1.165, 1.54) is 10.5 Å². The number of benzene rings is 2. The molecule has 6 heteroatoms. The Balaban J connectivity index is 1.44. The monoisotopic (exact) mass is 407 g/mol. The van der Waals surface area contributed by atoms with Gasteiger partial charge in [-0.05, 0) is 24.1 Å². The van der Waals surface area contributed by atoms with Crippen molar-refractivity contribution in [3.63, 3.8) is 0 Å². The summed E-state index contributed by atoms with van der Waals surface area (Å²) >= 11 is 1.86. The molecule has 0 aliphatic rings. The van der Waals surface area contributed by atoms with Gasteiger partial charge in [-0.1, -0.05) is 55.5 Å². The number of aliphatic imine (C=N–C) groups is 1. The summed E-state index contributed by atoms with van der Waals surface area (Å²) in [6, 6.07) is 21.0. The van der Waals surface area contributed by atoms with Gasteiger partial charge in [0.2, 0.25) is 0 Å². The molecule has 0 saturated heterocycles. The van der Waals surface area contributed by atoms with E-state index in [9.17, 15) is 0 Å². The molecule has 1 atom stereocenters. The molecule has 2 aromatic carbocycles. The fraction of sp³-hybridized carbons (Fsp3) is 0.304. The van der Waals surface area contributed by atoms with Crippen molar-refractivity contribution < 1.29 is 0 Å². The largest absolute Gasteiger partial charge is 0.355 e. The minimum Gasteiger partial charge on any atom is -0.355 e. The first-order valence-corrected chi connectivity index (χ1v) is 10.8. The second-order valence-corrected chi connectivity index (χ2v) is 8.33. The fourth-order valence-electron chi connectivity index (χ4n) is 3.00. The number of nitrogens with one attached hydrogen (secondary N) is 2. The van der Waals surface area contributed by atoms with Crippen LogP contribution < -0.4 is 10.6 Å². The molecule has 0 spiro atoms. The number of aromatic nitrogens is 2. The number of imidazole rings is 1. The van der Waals surface area contributed by atoms with Gasteiger partial charge < -0.3 is 15.2 Å². The molecule has 0 fully saturated rings. The van der Waals surface area contributed by atoms with Gasteiger partial charge in [-0.15, -0.1) is 11.8 Å². The first-order chi connectivity index (χ1) is 14.2. The number of nitrogens with zero attached hydrogens (tertiary/aromatic N) is 3. The van der Waals surface area contributed by atoms with Crippen LogP contribution in [-0.4, -0.2) is 34.4 Å². The van der Waals surface area contributed by atoms with E-state index in [-0.39, 0.29) is 0 Å². The quantitative estimate of drug-likeness (QED) is 0.320. The van der Waals surface area contributed by atoms with E-state index in [1.807, 2.05) is 36.3 Å². The molecule has 152 valence electrons. The molecule has 3 aromatic rings. The number of hydrogen-bond donors (Lipinski definition) is 2. The van der Waals surface area contributed by atoms with Crippen LogP contribution in [0.3, 0.4) is 0 Å². The van der Waals surface area contributed by atoms with E-state index in [2.05, 4.69) is 80.6 Å². The van der Waals surface area contributed by atoms with Crippen LogP contribution in [0.1, 0.15) is 18.3 Å². The van der Waals surface area contributed by atoms with Gasteiger partial charge in [-0.3, -0.25) is 4.99 Å². The van der Waals surface area contributed by atoms with E-state index >= 15 is 0 Å². The van der Waals surface area contributed by atoms with Crippen LogP contribution in [0, 0.1) is 0 Å². The zero-order chi connectivity index (χ0) is 20.3. The Morgan fingerprint density at radius 2 is 1.79 bits per heavy atom. The molecule has 1 unspecified atom stereocenters. The van der Waals surface area contributed by atoms with Gasteiger partial charge in [0, 0.05) is 42.7 Å². The number of guanidine groups is 1. The highest BCUT2D eigenvalue weighted by atomic mass is 32.2. The first kappa shape index (κ1) is 21.0. The lowest BCUT2D eigenvalue weighted by Gasteiger charge is -2.16.